The Labute approximate surface area is 159 Å². The SMILES string of the molecule is COc1ccc(C[C@H](C)NC[C@H](C)c2ccc(O)c3[nH]c(=O)ccc23)cc1. The number of aromatic nitrogens is 1. The molecule has 3 N–H and O–H groups in total. The molecule has 0 saturated heterocycles. The van der Waals surface area contributed by atoms with Gasteiger partial charge in [-0.2, -0.15) is 0 Å². The van der Waals surface area contributed by atoms with Crippen LogP contribution in [0.5, 0.6) is 11.5 Å². The molecule has 0 aliphatic rings. The van der Waals surface area contributed by atoms with Crippen LogP contribution in [0.2, 0.25) is 0 Å². The molecule has 2 aromatic carbocycles. The van der Waals surface area contributed by atoms with Gasteiger partial charge in [-0.15, -0.1) is 0 Å². The number of hydrogen-bond acceptors (Lipinski definition) is 4. The first-order valence-corrected chi connectivity index (χ1v) is 9.19. The molecule has 1 aromatic heterocycles. The molecule has 0 spiro atoms. The number of ether oxygens (including phenoxy) is 1. The summed E-state index contributed by atoms with van der Waals surface area (Å²) in [4.78, 5) is 14.3. The normalized spacial score (nSPS) is 13.4. The number of H-pyrrole nitrogens is 1. The van der Waals surface area contributed by atoms with Gasteiger partial charge in [-0.05, 0) is 54.7 Å². The van der Waals surface area contributed by atoms with E-state index in [0.29, 0.717) is 11.6 Å². The zero-order chi connectivity index (χ0) is 19.4. The van der Waals surface area contributed by atoms with Crippen molar-refractivity contribution in [1.82, 2.24) is 10.3 Å². The maximum atomic E-state index is 11.6. The summed E-state index contributed by atoms with van der Waals surface area (Å²) in [6.07, 6.45) is 0.931. The molecule has 0 aliphatic carbocycles. The quantitative estimate of drug-likeness (QED) is 0.598. The van der Waals surface area contributed by atoms with Crippen molar-refractivity contribution in [3.05, 3.63) is 70.0 Å². The molecular formula is C22H26N2O3. The van der Waals surface area contributed by atoms with Gasteiger partial charge in [-0.25, -0.2) is 0 Å². The average molecular weight is 366 g/mol. The first-order chi connectivity index (χ1) is 13.0. The Balaban J connectivity index is 1.66. The first-order valence-electron chi connectivity index (χ1n) is 9.19. The number of phenolic OH excluding ortho intramolecular Hbond substituents is 1. The lowest BCUT2D eigenvalue weighted by Gasteiger charge is -2.20. The molecule has 0 radical (unpaired) electrons. The minimum atomic E-state index is -0.214. The van der Waals surface area contributed by atoms with E-state index >= 15 is 0 Å². The number of rotatable bonds is 7. The van der Waals surface area contributed by atoms with Crippen LogP contribution in [0.25, 0.3) is 10.9 Å². The maximum Gasteiger partial charge on any atom is 0.248 e. The number of aromatic hydroxyl groups is 1. The van der Waals surface area contributed by atoms with E-state index in [1.807, 2.05) is 18.2 Å². The van der Waals surface area contributed by atoms with Crippen molar-refractivity contribution in [3.8, 4) is 11.5 Å². The minimum Gasteiger partial charge on any atom is -0.506 e. The fourth-order valence-electron chi connectivity index (χ4n) is 3.36. The fourth-order valence-corrected chi connectivity index (χ4v) is 3.36. The molecule has 0 saturated carbocycles. The summed E-state index contributed by atoms with van der Waals surface area (Å²) >= 11 is 0. The van der Waals surface area contributed by atoms with Crippen molar-refractivity contribution in [2.75, 3.05) is 13.7 Å². The van der Waals surface area contributed by atoms with E-state index in [9.17, 15) is 9.90 Å². The number of nitrogens with one attached hydrogen (secondary N) is 2. The number of pyridine rings is 1. The topological polar surface area (TPSA) is 74.3 Å². The second-order valence-electron chi connectivity index (χ2n) is 7.05. The standard InChI is InChI=1S/C22H26N2O3/c1-14(13-23-15(2)12-16-4-6-17(27-3)7-5-16)18-8-10-20(25)22-19(18)9-11-21(26)24-22/h4-11,14-15,23,25H,12-13H2,1-3H3,(H,24,26)/t14-,15-/m0/s1. The number of fused-ring (bicyclic) bond motifs is 1. The van der Waals surface area contributed by atoms with E-state index in [1.54, 1.807) is 19.2 Å². The van der Waals surface area contributed by atoms with Crippen LogP contribution in [0.15, 0.2) is 53.3 Å². The van der Waals surface area contributed by atoms with Gasteiger partial charge in [0.15, 0.2) is 0 Å². The number of aromatic amines is 1. The molecule has 27 heavy (non-hydrogen) atoms. The van der Waals surface area contributed by atoms with Crippen molar-refractivity contribution in [2.45, 2.75) is 32.2 Å². The Kier molecular flexibility index (Phi) is 5.81. The lowest BCUT2D eigenvalue weighted by molar-refractivity contribution is 0.414. The molecule has 3 rings (SSSR count). The van der Waals surface area contributed by atoms with Crippen molar-refractivity contribution >= 4 is 10.9 Å². The van der Waals surface area contributed by atoms with Crippen molar-refractivity contribution in [1.29, 1.82) is 0 Å². The molecule has 2 atom stereocenters. The summed E-state index contributed by atoms with van der Waals surface area (Å²) in [7, 11) is 1.67. The van der Waals surface area contributed by atoms with Crippen LogP contribution in [0, 0.1) is 0 Å². The van der Waals surface area contributed by atoms with Crippen LogP contribution < -0.4 is 15.6 Å². The molecular weight excluding hydrogens is 340 g/mol. The Morgan fingerprint density at radius 3 is 2.52 bits per heavy atom. The van der Waals surface area contributed by atoms with E-state index in [2.05, 4.69) is 36.3 Å². The van der Waals surface area contributed by atoms with Crippen LogP contribution in [0.1, 0.15) is 30.9 Å². The summed E-state index contributed by atoms with van der Waals surface area (Å²) in [6, 6.07) is 15.3. The van der Waals surface area contributed by atoms with E-state index in [-0.39, 0.29) is 17.2 Å². The molecule has 1 heterocycles. The summed E-state index contributed by atoms with van der Waals surface area (Å²) in [5.74, 6) is 1.20. The summed E-state index contributed by atoms with van der Waals surface area (Å²) in [5.41, 5.74) is 2.64. The Hall–Kier alpha value is -2.79. The lowest BCUT2D eigenvalue weighted by Crippen LogP contribution is -2.31. The van der Waals surface area contributed by atoms with E-state index in [0.717, 1.165) is 29.7 Å². The second kappa shape index (κ2) is 8.27. The highest BCUT2D eigenvalue weighted by molar-refractivity contribution is 5.87. The van der Waals surface area contributed by atoms with Crippen molar-refractivity contribution in [2.24, 2.45) is 0 Å². The molecule has 142 valence electrons. The van der Waals surface area contributed by atoms with Gasteiger partial charge < -0.3 is 20.1 Å². The van der Waals surface area contributed by atoms with Crippen molar-refractivity contribution in [3.63, 3.8) is 0 Å². The van der Waals surface area contributed by atoms with Crippen LogP contribution in [-0.2, 0) is 6.42 Å². The van der Waals surface area contributed by atoms with Crippen LogP contribution >= 0.6 is 0 Å². The smallest absolute Gasteiger partial charge is 0.248 e. The third-order valence-corrected chi connectivity index (χ3v) is 4.91. The minimum absolute atomic E-state index is 0.0967. The van der Waals surface area contributed by atoms with Crippen molar-refractivity contribution < 1.29 is 9.84 Å². The lowest BCUT2D eigenvalue weighted by atomic mass is 9.95. The van der Waals surface area contributed by atoms with E-state index in [1.165, 1.54) is 11.6 Å². The van der Waals surface area contributed by atoms with Crippen LogP contribution in [-0.4, -0.2) is 29.8 Å². The Morgan fingerprint density at radius 1 is 1.07 bits per heavy atom. The fraction of sp³-hybridized carbons (Fsp3) is 0.318. The second-order valence-corrected chi connectivity index (χ2v) is 7.05. The zero-order valence-corrected chi connectivity index (χ0v) is 16.0. The molecule has 0 amide bonds. The van der Waals surface area contributed by atoms with Gasteiger partial charge in [0, 0.05) is 24.0 Å². The molecule has 0 aliphatic heterocycles. The van der Waals surface area contributed by atoms with Gasteiger partial charge in [-0.3, -0.25) is 4.79 Å². The van der Waals surface area contributed by atoms with Gasteiger partial charge in [0.05, 0.1) is 12.6 Å². The molecule has 0 unspecified atom stereocenters. The number of methoxy groups -OCH3 is 1. The highest BCUT2D eigenvalue weighted by Gasteiger charge is 2.13. The summed E-state index contributed by atoms with van der Waals surface area (Å²) in [5, 5.41) is 14.5. The summed E-state index contributed by atoms with van der Waals surface area (Å²) in [6.45, 7) is 5.11. The largest absolute Gasteiger partial charge is 0.506 e. The number of benzene rings is 2. The molecule has 0 bridgehead atoms. The highest BCUT2D eigenvalue weighted by atomic mass is 16.5. The van der Waals surface area contributed by atoms with Gasteiger partial charge in [0.2, 0.25) is 5.56 Å². The molecule has 3 aromatic rings. The van der Waals surface area contributed by atoms with Gasteiger partial charge in [0.1, 0.15) is 11.5 Å². The Morgan fingerprint density at radius 2 is 1.81 bits per heavy atom. The van der Waals surface area contributed by atoms with Crippen LogP contribution in [0.4, 0.5) is 0 Å². The Bertz CT molecular complexity index is 963. The highest BCUT2D eigenvalue weighted by Crippen LogP contribution is 2.29. The predicted octanol–water partition coefficient (Wildman–Crippen LogP) is 3.57. The predicted molar refractivity (Wildman–Crippen MR) is 109 cm³/mol. The van der Waals surface area contributed by atoms with Crippen LogP contribution in [0.3, 0.4) is 0 Å². The average Bonchev–Trinajstić information content (AvgIpc) is 2.67. The maximum absolute atomic E-state index is 11.6. The molecule has 5 nitrogen and oxygen atoms in total. The third kappa shape index (κ3) is 4.49. The number of hydrogen-bond donors (Lipinski definition) is 3. The monoisotopic (exact) mass is 366 g/mol. The third-order valence-electron chi connectivity index (χ3n) is 4.91. The zero-order valence-electron chi connectivity index (χ0n) is 16.0. The van der Waals surface area contributed by atoms with E-state index in [4.69, 9.17) is 4.74 Å². The van der Waals surface area contributed by atoms with Gasteiger partial charge >= 0.3 is 0 Å². The first kappa shape index (κ1) is 19.0. The molecule has 5 heteroatoms. The van der Waals surface area contributed by atoms with Gasteiger partial charge in [-0.1, -0.05) is 25.1 Å². The van der Waals surface area contributed by atoms with Gasteiger partial charge in [0.25, 0.3) is 0 Å². The van der Waals surface area contributed by atoms with E-state index < -0.39 is 0 Å². The number of phenols is 1. The summed E-state index contributed by atoms with van der Waals surface area (Å²) < 4.78 is 5.20. The molecule has 0 fully saturated rings.